The number of carbonyl (C=O) groups is 1. The molecule has 2 rings (SSSR count). The Morgan fingerprint density at radius 2 is 1.56 bits per heavy atom. The van der Waals surface area contributed by atoms with Crippen LogP contribution in [0.2, 0.25) is 0 Å². The summed E-state index contributed by atoms with van der Waals surface area (Å²) in [4.78, 5) is 11.9. The Hall–Kier alpha value is -2.75. The third-order valence-corrected chi connectivity index (χ3v) is 3.96. The van der Waals surface area contributed by atoms with Crippen LogP contribution in [0.25, 0.3) is 5.70 Å². The van der Waals surface area contributed by atoms with E-state index >= 15 is 0 Å². The maximum atomic E-state index is 11.9. The van der Waals surface area contributed by atoms with Gasteiger partial charge in [0.05, 0.1) is 12.2 Å². The minimum atomic E-state index is -0.159. The Labute approximate surface area is 150 Å². The number of rotatable bonds is 6. The lowest BCUT2D eigenvalue weighted by Gasteiger charge is -2.19. The van der Waals surface area contributed by atoms with Gasteiger partial charge in [0.15, 0.2) is 0 Å². The van der Waals surface area contributed by atoms with E-state index in [1.54, 1.807) is 0 Å². The fraction of sp³-hybridized carbons (Fsp3) is 0.286. The first-order chi connectivity index (χ1) is 11.8. The van der Waals surface area contributed by atoms with Crippen molar-refractivity contribution in [3.63, 3.8) is 0 Å². The second kappa shape index (κ2) is 7.88. The van der Waals surface area contributed by atoms with E-state index in [9.17, 15) is 4.79 Å². The molecule has 0 atom stereocenters. The largest absolute Gasteiger partial charge is 0.376 e. The summed E-state index contributed by atoms with van der Waals surface area (Å²) in [7, 11) is 0. The van der Waals surface area contributed by atoms with Gasteiger partial charge in [0.2, 0.25) is 0 Å². The van der Waals surface area contributed by atoms with Crippen LogP contribution in [0.15, 0.2) is 55.1 Å². The number of aryl methyl sites for hydroxylation is 1. The molecule has 4 heteroatoms. The van der Waals surface area contributed by atoms with E-state index in [2.05, 4.69) is 55.7 Å². The SMILES string of the molecule is C=C(NNC(=O)CNc1ccc(C)cc1)c1ccc(C(C)(C)C)cc1. The van der Waals surface area contributed by atoms with E-state index in [1.165, 1.54) is 11.1 Å². The Balaban J connectivity index is 1.80. The third kappa shape index (κ3) is 5.68. The lowest BCUT2D eigenvalue weighted by Crippen LogP contribution is -2.39. The summed E-state index contributed by atoms with van der Waals surface area (Å²) < 4.78 is 0. The van der Waals surface area contributed by atoms with Gasteiger partial charge in [-0.1, -0.05) is 69.3 Å². The summed E-state index contributed by atoms with van der Waals surface area (Å²) in [5, 5.41) is 3.08. The van der Waals surface area contributed by atoms with Gasteiger partial charge in [0.1, 0.15) is 0 Å². The van der Waals surface area contributed by atoms with E-state index in [0.29, 0.717) is 5.70 Å². The first-order valence-electron chi connectivity index (χ1n) is 8.41. The van der Waals surface area contributed by atoms with Gasteiger partial charge in [-0.3, -0.25) is 15.6 Å². The molecule has 0 aliphatic rings. The van der Waals surface area contributed by atoms with E-state index < -0.39 is 0 Å². The lowest BCUT2D eigenvalue weighted by molar-refractivity contribution is -0.120. The fourth-order valence-corrected chi connectivity index (χ4v) is 2.29. The van der Waals surface area contributed by atoms with Crippen LogP contribution in [-0.2, 0) is 10.2 Å². The molecular weight excluding hydrogens is 310 g/mol. The molecule has 2 aromatic rings. The van der Waals surface area contributed by atoms with Crippen molar-refractivity contribution >= 4 is 17.3 Å². The van der Waals surface area contributed by atoms with Crippen LogP contribution in [0.5, 0.6) is 0 Å². The minimum Gasteiger partial charge on any atom is -0.376 e. The molecule has 0 bridgehead atoms. The molecule has 0 saturated carbocycles. The highest BCUT2D eigenvalue weighted by Gasteiger charge is 2.13. The second-order valence-corrected chi connectivity index (χ2v) is 7.20. The smallest absolute Gasteiger partial charge is 0.257 e. The maximum Gasteiger partial charge on any atom is 0.257 e. The molecule has 3 N–H and O–H groups in total. The monoisotopic (exact) mass is 337 g/mol. The minimum absolute atomic E-state index is 0.114. The summed E-state index contributed by atoms with van der Waals surface area (Å²) in [6.45, 7) is 12.7. The van der Waals surface area contributed by atoms with Crippen molar-refractivity contribution in [2.75, 3.05) is 11.9 Å². The highest BCUT2D eigenvalue weighted by molar-refractivity contribution is 5.81. The molecule has 0 saturated heterocycles. The van der Waals surface area contributed by atoms with Crippen molar-refractivity contribution in [2.24, 2.45) is 0 Å². The highest BCUT2D eigenvalue weighted by atomic mass is 16.2. The molecule has 0 aliphatic carbocycles. The topological polar surface area (TPSA) is 53.2 Å². The molecule has 4 nitrogen and oxygen atoms in total. The van der Waals surface area contributed by atoms with Gasteiger partial charge in [0, 0.05) is 5.69 Å². The second-order valence-electron chi connectivity index (χ2n) is 7.20. The predicted octanol–water partition coefficient (Wildman–Crippen LogP) is 4.00. The van der Waals surface area contributed by atoms with Crippen LogP contribution in [-0.4, -0.2) is 12.5 Å². The summed E-state index contributed by atoms with van der Waals surface area (Å²) in [5.41, 5.74) is 10.6. The number of benzene rings is 2. The molecule has 0 spiro atoms. The maximum absolute atomic E-state index is 11.9. The van der Waals surface area contributed by atoms with Crippen molar-refractivity contribution in [1.82, 2.24) is 10.9 Å². The van der Waals surface area contributed by atoms with Crippen LogP contribution in [0.4, 0.5) is 5.69 Å². The van der Waals surface area contributed by atoms with Crippen LogP contribution in [0.1, 0.15) is 37.5 Å². The summed E-state index contributed by atoms with van der Waals surface area (Å²) >= 11 is 0. The molecule has 132 valence electrons. The van der Waals surface area contributed by atoms with Crippen LogP contribution in [0.3, 0.4) is 0 Å². The molecular formula is C21H27N3O. The van der Waals surface area contributed by atoms with Gasteiger partial charge >= 0.3 is 0 Å². The van der Waals surface area contributed by atoms with Crippen molar-refractivity contribution in [2.45, 2.75) is 33.1 Å². The highest BCUT2D eigenvalue weighted by Crippen LogP contribution is 2.23. The Kier molecular flexibility index (Phi) is 5.86. The first-order valence-corrected chi connectivity index (χ1v) is 8.41. The third-order valence-electron chi connectivity index (χ3n) is 3.96. The summed E-state index contributed by atoms with van der Waals surface area (Å²) in [6, 6.07) is 16.1. The predicted molar refractivity (Wildman–Crippen MR) is 105 cm³/mol. The molecule has 0 unspecified atom stereocenters. The quantitative estimate of drug-likeness (QED) is 0.699. The Morgan fingerprint density at radius 1 is 0.960 bits per heavy atom. The molecule has 0 heterocycles. The van der Waals surface area contributed by atoms with Crippen LogP contribution in [0, 0.1) is 6.92 Å². The van der Waals surface area contributed by atoms with Crippen LogP contribution < -0.4 is 16.2 Å². The average molecular weight is 337 g/mol. The molecule has 1 amide bonds. The standard InChI is InChI=1S/C21H27N3O/c1-15-6-12-19(13-7-15)22-14-20(25)24-23-16(2)17-8-10-18(11-9-17)21(3,4)5/h6-13,22-23H,2,14H2,1,3-5H3,(H,24,25). The number of hydrazine groups is 1. The number of hydrogen-bond donors (Lipinski definition) is 3. The fourth-order valence-electron chi connectivity index (χ4n) is 2.29. The first kappa shape index (κ1) is 18.6. The lowest BCUT2D eigenvalue weighted by atomic mass is 9.86. The molecule has 0 radical (unpaired) electrons. The summed E-state index contributed by atoms with van der Waals surface area (Å²) in [5.74, 6) is -0.159. The summed E-state index contributed by atoms with van der Waals surface area (Å²) in [6.07, 6.45) is 0. The number of amides is 1. The van der Waals surface area contributed by atoms with Gasteiger partial charge in [-0.05, 0) is 35.6 Å². The Bertz CT molecular complexity index is 725. The van der Waals surface area contributed by atoms with Crippen molar-refractivity contribution in [3.8, 4) is 0 Å². The molecule has 0 fully saturated rings. The van der Waals surface area contributed by atoms with Gasteiger partial charge < -0.3 is 5.32 Å². The van der Waals surface area contributed by atoms with Crippen LogP contribution >= 0.6 is 0 Å². The zero-order chi connectivity index (χ0) is 18.4. The Morgan fingerprint density at radius 3 is 2.12 bits per heavy atom. The van der Waals surface area contributed by atoms with Gasteiger partial charge in [0.25, 0.3) is 5.91 Å². The zero-order valence-electron chi connectivity index (χ0n) is 15.4. The number of hydrogen-bond acceptors (Lipinski definition) is 3. The molecule has 25 heavy (non-hydrogen) atoms. The van der Waals surface area contributed by atoms with Crippen molar-refractivity contribution < 1.29 is 4.79 Å². The number of carbonyl (C=O) groups excluding carboxylic acids is 1. The number of anilines is 1. The normalized spacial score (nSPS) is 10.9. The van der Waals surface area contributed by atoms with Gasteiger partial charge in [-0.25, -0.2) is 0 Å². The van der Waals surface area contributed by atoms with Gasteiger partial charge in [-0.15, -0.1) is 0 Å². The van der Waals surface area contributed by atoms with E-state index in [4.69, 9.17) is 0 Å². The van der Waals surface area contributed by atoms with E-state index in [0.717, 1.165) is 11.3 Å². The van der Waals surface area contributed by atoms with Crippen molar-refractivity contribution in [3.05, 3.63) is 71.8 Å². The molecule has 0 aromatic heterocycles. The zero-order valence-corrected chi connectivity index (χ0v) is 15.4. The number of nitrogens with one attached hydrogen (secondary N) is 3. The van der Waals surface area contributed by atoms with Crippen molar-refractivity contribution in [1.29, 1.82) is 0 Å². The van der Waals surface area contributed by atoms with E-state index in [1.807, 2.05) is 43.3 Å². The molecule has 2 aromatic carbocycles. The average Bonchev–Trinajstić information content (AvgIpc) is 2.58. The van der Waals surface area contributed by atoms with Gasteiger partial charge in [-0.2, -0.15) is 0 Å². The van der Waals surface area contributed by atoms with E-state index in [-0.39, 0.29) is 17.9 Å². The molecule has 0 aliphatic heterocycles.